The maximum atomic E-state index is 12.6. The summed E-state index contributed by atoms with van der Waals surface area (Å²) in [7, 11) is 0. The summed E-state index contributed by atoms with van der Waals surface area (Å²) in [5.74, 6) is 1.17. The second-order valence-electron chi connectivity index (χ2n) is 6.97. The Kier molecular flexibility index (Phi) is 4.48. The van der Waals surface area contributed by atoms with Crippen molar-refractivity contribution in [2.75, 3.05) is 18.8 Å². The lowest BCUT2D eigenvalue weighted by molar-refractivity contribution is 0.0545. The number of pyridine rings is 2. The number of carbonyl (C=O) groups excluding carboxylic acids is 1. The van der Waals surface area contributed by atoms with Gasteiger partial charge in [-0.25, -0.2) is 0 Å². The van der Waals surface area contributed by atoms with Crippen LogP contribution < -0.4 is 5.32 Å². The van der Waals surface area contributed by atoms with Crippen LogP contribution in [0.2, 0.25) is 0 Å². The molecule has 4 rings (SSSR count). The standard InChI is InChI=1S/C19H22N4OS/c1-14-4-2-7-21-17(14)18(24)23-12-19(13-23)8-16(11-25-19)22-10-15-5-3-6-20-9-15/h2-7,9,16,22H,8,10-13H2,1H3. The summed E-state index contributed by atoms with van der Waals surface area (Å²) in [6, 6.07) is 8.38. The molecule has 0 radical (unpaired) electrons. The highest BCUT2D eigenvalue weighted by Crippen LogP contribution is 2.45. The third-order valence-corrected chi connectivity index (χ3v) is 6.59. The van der Waals surface area contributed by atoms with Crippen molar-refractivity contribution in [1.29, 1.82) is 0 Å². The van der Waals surface area contributed by atoms with Crippen molar-refractivity contribution in [2.45, 2.75) is 30.7 Å². The van der Waals surface area contributed by atoms with Crippen LogP contribution in [0.4, 0.5) is 0 Å². The summed E-state index contributed by atoms with van der Waals surface area (Å²) >= 11 is 2.00. The van der Waals surface area contributed by atoms with Gasteiger partial charge in [-0.05, 0) is 36.6 Å². The molecule has 0 bridgehead atoms. The van der Waals surface area contributed by atoms with Gasteiger partial charge in [0, 0.05) is 50.0 Å². The van der Waals surface area contributed by atoms with Gasteiger partial charge in [-0.15, -0.1) is 11.8 Å². The molecule has 2 aliphatic rings. The van der Waals surface area contributed by atoms with E-state index >= 15 is 0 Å². The fourth-order valence-corrected chi connectivity index (χ4v) is 5.22. The SMILES string of the molecule is Cc1cccnc1C(=O)N1CC2(CC(NCc3cccnc3)CS2)C1. The minimum Gasteiger partial charge on any atom is -0.334 e. The molecule has 1 spiro atoms. The zero-order valence-electron chi connectivity index (χ0n) is 14.3. The number of likely N-dealkylation sites (tertiary alicyclic amines) is 1. The molecule has 0 aliphatic carbocycles. The van der Waals surface area contributed by atoms with Crippen molar-refractivity contribution in [3.05, 3.63) is 59.7 Å². The van der Waals surface area contributed by atoms with Gasteiger partial charge in [0.15, 0.2) is 0 Å². The van der Waals surface area contributed by atoms with Crippen molar-refractivity contribution < 1.29 is 4.79 Å². The van der Waals surface area contributed by atoms with Crippen LogP contribution in [0.3, 0.4) is 0 Å². The van der Waals surface area contributed by atoms with Crippen molar-refractivity contribution in [3.63, 3.8) is 0 Å². The van der Waals surface area contributed by atoms with Crippen LogP contribution in [0.15, 0.2) is 42.9 Å². The summed E-state index contributed by atoms with van der Waals surface area (Å²) in [6.45, 7) is 4.46. The van der Waals surface area contributed by atoms with Gasteiger partial charge in [0.05, 0.1) is 4.75 Å². The third kappa shape index (κ3) is 3.41. The Labute approximate surface area is 152 Å². The molecule has 6 heteroatoms. The molecule has 130 valence electrons. The van der Waals surface area contributed by atoms with Gasteiger partial charge >= 0.3 is 0 Å². The highest BCUT2D eigenvalue weighted by molar-refractivity contribution is 8.01. The Hall–Kier alpha value is -1.92. The Bertz CT molecular complexity index is 761. The highest BCUT2D eigenvalue weighted by Gasteiger charge is 2.50. The number of amides is 1. The first-order chi connectivity index (χ1) is 12.2. The highest BCUT2D eigenvalue weighted by atomic mass is 32.2. The van der Waals surface area contributed by atoms with Crippen LogP contribution in [0, 0.1) is 6.92 Å². The molecule has 1 amide bonds. The summed E-state index contributed by atoms with van der Waals surface area (Å²) < 4.78 is 0.227. The Balaban J connectivity index is 1.30. The Morgan fingerprint density at radius 3 is 2.96 bits per heavy atom. The molecule has 1 unspecified atom stereocenters. The largest absolute Gasteiger partial charge is 0.334 e. The number of aromatic nitrogens is 2. The zero-order valence-corrected chi connectivity index (χ0v) is 15.1. The summed E-state index contributed by atoms with van der Waals surface area (Å²) in [5, 5.41) is 3.63. The van der Waals surface area contributed by atoms with Crippen LogP contribution in [-0.4, -0.2) is 50.4 Å². The number of thioether (sulfide) groups is 1. The topological polar surface area (TPSA) is 58.1 Å². The summed E-state index contributed by atoms with van der Waals surface area (Å²) in [5.41, 5.74) is 2.75. The lowest BCUT2D eigenvalue weighted by Crippen LogP contribution is -2.61. The minimum absolute atomic E-state index is 0.0658. The van der Waals surface area contributed by atoms with Gasteiger partial charge in [-0.2, -0.15) is 0 Å². The molecule has 2 aromatic heterocycles. The third-order valence-electron chi connectivity index (χ3n) is 4.98. The lowest BCUT2D eigenvalue weighted by Gasteiger charge is -2.47. The molecule has 25 heavy (non-hydrogen) atoms. The first-order valence-electron chi connectivity index (χ1n) is 8.62. The van der Waals surface area contributed by atoms with Gasteiger partial charge < -0.3 is 10.2 Å². The molecule has 2 fully saturated rings. The maximum Gasteiger partial charge on any atom is 0.272 e. The van der Waals surface area contributed by atoms with Gasteiger partial charge in [0.2, 0.25) is 0 Å². The van der Waals surface area contributed by atoms with E-state index in [1.165, 1.54) is 5.56 Å². The van der Waals surface area contributed by atoms with Gasteiger partial charge in [-0.3, -0.25) is 14.8 Å². The number of rotatable bonds is 4. The molecule has 4 heterocycles. The van der Waals surface area contributed by atoms with E-state index in [0.29, 0.717) is 11.7 Å². The average molecular weight is 354 g/mol. The smallest absolute Gasteiger partial charge is 0.272 e. The first-order valence-corrected chi connectivity index (χ1v) is 9.61. The molecule has 5 nitrogen and oxygen atoms in total. The van der Waals surface area contributed by atoms with E-state index in [9.17, 15) is 4.79 Å². The van der Waals surface area contributed by atoms with E-state index in [0.717, 1.165) is 37.4 Å². The Morgan fingerprint density at radius 2 is 2.20 bits per heavy atom. The maximum absolute atomic E-state index is 12.6. The van der Waals surface area contributed by atoms with Crippen LogP contribution >= 0.6 is 11.8 Å². The summed E-state index contributed by atoms with van der Waals surface area (Å²) in [4.78, 5) is 23.0. The normalized spacial score (nSPS) is 21.3. The average Bonchev–Trinajstić information content (AvgIpc) is 3.04. The molecular weight excluding hydrogens is 332 g/mol. The van der Waals surface area contributed by atoms with E-state index in [1.54, 1.807) is 12.4 Å². The predicted octanol–water partition coefficient (Wildman–Crippen LogP) is 2.27. The van der Waals surface area contributed by atoms with Crippen LogP contribution in [0.25, 0.3) is 0 Å². The fraction of sp³-hybridized carbons (Fsp3) is 0.421. The predicted molar refractivity (Wildman–Crippen MR) is 99.5 cm³/mol. The second-order valence-corrected chi connectivity index (χ2v) is 8.46. The second kappa shape index (κ2) is 6.77. The van der Waals surface area contributed by atoms with Crippen LogP contribution in [-0.2, 0) is 6.54 Å². The molecule has 2 aromatic rings. The molecule has 1 atom stereocenters. The fourth-order valence-electron chi connectivity index (χ4n) is 3.61. The first kappa shape index (κ1) is 16.5. The lowest BCUT2D eigenvalue weighted by atomic mass is 9.91. The molecule has 1 N–H and O–H groups in total. The molecule has 2 saturated heterocycles. The van der Waals surface area contributed by atoms with E-state index in [-0.39, 0.29) is 10.7 Å². The molecule has 0 aromatic carbocycles. The van der Waals surface area contributed by atoms with E-state index in [4.69, 9.17) is 0 Å². The van der Waals surface area contributed by atoms with Crippen molar-refractivity contribution >= 4 is 17.7 Å². The van der Waals surface area contributed by atoms with E-state index in [2.05, 4.69) is 21.4 Å². The van der Waals surface area contributed by atoms with Crippen LogP contribution in [0.1, 0.15) is 28.0 Å². The number of carbonyl (C=O) groups is 1. The van der Waals surface area contributed by atoms with Crippen molar-refractivity contribution in [3.8, 4) is 0 Å². The zero-order chi connectivity index (χ0) is 17.3. The minimum atomic E-state index is 0.0658. The number of hydrogen-bond acceptors (Lipinski definition) is 5. The van der Waals surface area contributed by atoms with E-state index in [1.807, 2.05) is 48.0 Å². The van der Waals surface area contributed by atoms with Gasteiger partial charge in [-0.1, -0.05) is 12.1 Å². The monoisotopic (exact) mass is 354 g/mol. The van der Waals surface area contributed by atoms with Gasteiger partial charge in [0.25, 0.3) is 5.91 Å². The van der Waals surface area contributed by atoms with Crippen molar-refractivity contribution in [1.82, 2.24) is 20.2 Å². The van der Waals surface area contributed by atoms with Crippen molar-refractivity contribution in [2.24, 2.45) is 0 Å². The molecular formula is C19H22N4OS. The number of aryl methyl sites for hydroxylation is 1. The van der Waals surface area contributed by atoms with Gasteiger partial charge in [0.1, 0.15) is 5.69 Å². The molecule has 2 aliphatic heterocycles. The number of nitrogens with zero attached hydrogens (tertiary/aromatic N) is 3. The number of hydrogen-bond donors (Lipinski definition) is 1. The summed E-state index contributed by atoms with van der Waals surface area (Å²) in [6.07, 6.45) is 6.51. The Morgan fingerprint density at radius 1 is 1.36 bits per heavy atom. The van der Waals surface area contributed by atoms with Crippen LogP contribution in [0.5, 0.6) is 0 Å². The quantitative estimate of drug-likeness (QED) is 0.913. The molecule has 0 saturated carbocycles. The number of nitrogens with one attached hydrogen (secondary N) is 1. The van der Waals surface area contributed by atoms with E-state index < -0.39 is 0 Å².